The third-order valence-electron chi connectivity index (χ3n) is 0.592. The van der Waals surface area contributed by atoms with Gasteiger partial charge in [-0.05, 0) is 6.42 Å². The van der Waals surface area contributed by atoms with Crippen LogP contribution in [0, 0.1) is 0 Å². The molecule has 0 N–H and O–H groups in total. The third-order valence-corrected chi connectivity index (χ3v) is 1.84. The van der Waals surface area contributed by atoms with Gasteiger partial charge in [-0.3, -0.25) is 0 Å². The molecule has 0 rings (SSSR count). The van der Waals surface area contributed by atoms with Crippen molar-refractivity contribution >= 4 is 29.6 Å². The highest BCUT2D eigenvalue weighted by molar-refractivity contribution is 7.33. The van der Waals surface area contributed by atoms with E-state index in [0.29, 0.717) is 6.23 Å². The minimum Gasteiger partial charge on any atom is -0.382 e. The Morgan fingerprint density at radius 1 is 1.50 bits per heavy atom. The first-order valence-corrected chi connectivity index (χ1v) is 6.94. The van der Waals surface area contributed by atoms with Crippen LogP contribution in [0.15, 0.2) is 0 Å². The number of hydrogen-bond acceptors (Lipinski definition) is 1. The lowest BCUT2D eigenvalue weighted by molar-refractivity contribution is 0.178. The van der Waals surface area contributed by atoms with Gasteiger partial charge in [-0.15, -0.1) is 22.2 Å². The summed E-state index contributed by atoms with van der Waals surface area (Å²) >= 11 is 11.0. The molecule has 0 aliphatic rings. The second-order valence-electron chi connectivity index (χ2n) is 1.47. The predicted molar refractivity (Wildman–Crippen MR) is 40.0 cm³/mol. The van der Waals surface area contributed by atoms with Crippen LogP contribution in [0.25, 0.3) is 0 Å². The van der Waals surface area contributed by atoms with Crippen molar-refractivity contribution in [3.63, 3.8) is 0 Å². The van der Waals surface area contributed by atoms with E-state index in [0.717, 1.165) is 13.0 Å². The summed E-state index contributed by atoms with van der Waals surface area (Å²) in [6.45, 7) is 2.84. The predicted octanol–water partition coefficient (Wildman–Crippen LogP) is 1.65. The summed E-state index contributed by atoms with van der Waals surface area (Å²) in [5.74, 6) is 0. The van der Waals surface area contributed by atoms with Crippen molar-refractivity contribution in [3.05, 3.63) is 0 Å². The summed E-state index contributed by atoms with van der Waals surface area (Å²) < 4.78 is 5.04. The molecule has 0 saturated heterocycles. The van der Waals surface area contributed by atoms with Gasteiger partial charge in [0.15, 0.2) is 0 Å². The second-order valence-corrected chi connectivity index (χ2v) is 6.41. The Bertz CT molecular complexity index is 51.3. The fraction of sp³-hybridized carbons (Fsp3) is 1.00. The molecule has 0 aliphatic heterocycles. The highest BCUT2D eigenvalue weighted by atomic mass is 35.7. The van der Waals surface area contributed by atoms with Crippen LogP contribution in [0.3, 0.4) is 0 Å². The number of hydrogen-bond donors (Lipinski definition) is 0. The van der Waals surface area contributed by atoms with Gasteiger partial charge >= 0.3 is 0 Å². The van der Waals surface area contributed by atoms with Crippen molar-refractivity contribution in [1.82, 2.24) is 0 Å². The molecule has 50 valence electrons. The molecule has 0 bridgehead atoms. The van der Waals surface area contributed by atoms with E-state index in [1.807, 2.05) is 0 Å². The summed E-state index contributed by atoms with van der Waals surface area (Å²) in [5.41, 5.74) is 0. The summed E-state index contributed by atoms with van der Waals surface area (Å²) in [5, 5.41) is 0. The van der Waals surface area contributed by atoms with Crippen LogP contribution in [0.5, 0.6) is 0 Å². The van der Waals surface area contributed by atoms with Crippen LogP contribution in [0.2, 0.25) is 0 Å². The molecule has 0 saturated carbocycles. The van der Waals surface area contributed by atoms with Crippen molar-refractivity contribution in [2.24, 2.45) is 0 Å². The first-order chi connectivity index (χ1) is 3.77. The fourth-order valence-corrected chi connectivity index (χ4v) is 1.20. The van der Waals surface area contributed by atoms with E-state index in [4.69, 9.17) is 26.9 Å². The Hall–Kier alpha value is 0.757. The van der Waals surface area contributed by atoms with Gasteiger partial charge in [0.25, 0.3) is 7.42 Å². The van der Waals surface area contributed by atoms with E-state index in [1.165, 1.54) is 0 Å². The summed E-state index contributed by atoms with van der Waals surface area (Å²) in [4.78, 5) is 0. The molecule has 0 spiro atoms. The van der Waals surface area contributed by atoms with Gasteiger partial charge < -0.3 is 4.74 Å². The highest BCUT2D eigenvalue weighted by Crippen LogP contribution is 1.95. The Labute approximate surface area is 60.9 Å². The molecule has 0 atom stereocenters. The average molecular weight is 173 g/mol. The zero-order chi connectivity index (χ0) is 6.41. The fourth-order valence-electron chi connectivity index (χ4n) is 0.317. The monoisotopic (exact) mass is 172 g/mol. The first-order valence-electron chi connectivity index (χ1n) is 2.63. The maximum Gasteiger partial charge on any atom is 0.261 e. The van der Waals surface area contributed by atoms with Gasteiger partial charge in [0.05, 0.1) is 6.23 Å². The summed E-state index contributed by atoms with van der Waals surface area (Å²) in [6, 6.07) is 0. The minimum atomic E-state index is -1.48. The molecule has 4 heteroatoms. The van der Waals surface area contributed by atoms with Crippen LogP contribution in [-0.2, 0) is 4.74 Å². The van der Waals surface area contributed by atoms with Crippen LogP contribution in [0.4, 0.5) is 0 Å². The molecule has 0 radical (unpaired) electrons. The van der Waals surface area contributed by atoms with Gasteiger partial charge in [0, 0.05) is 6.61 Å². The maximum absolute atomic E-state index is 5.49. The number of ether oxygens (including phenoxy) is 1. The van der Waals surface area contributed by atoms with E-state index in [9.17, 15) is 0 Å². The number of rotatable bonds is 4. The van der Waals surface area contributed by atoms with Crippen LogP contribution in [0.1, 0.15) is 13.3 Å². The molecule has 0 amide bonds. The van der Waals surface area contributed by atoms with Gasteiger partial charge in [0.2, 0.25) is 0 Å². The van der Waals surface area contributed by atoms with Gasteiger partial charge in [-0.1, -0.05) is 6.92 Å². The van der Waals surface area contributed by atoms with Gasteiger partial charge in [-0.25, -0.2) is 0 Å². The van der Waals surface area contributed by atoms with Gasteiger partial charge in [-0.2, -0.15) is 0 Å². The quantitative estimate of drug-likeness (QED) is 0.357. The standard InChI is InChI=1S/C4H10Cl2OSi/c1-2-3-7-4-8(5)6/h8H,2-4H2,1H3. The van der Waals surface area contributed by atoms with Crippen molar-refractivity contribution in [1.29, 1.82) is 0 Å². The average Bonchev–Trinajstić information content (AvgIpc) is 1.66. The first kappa shape index (κ1) is 8.76. The molecular formula is C4H10Cl2OSi. The van der Waals surface area contributed by atoms with E-state index >= 15 is 0 Å². The van der Waals surface area contributed by atoms with Crippen molar-refractivity contribution in [3.8, 4) is 0 Å². The topological polar surface area (TPSA) is 9.23 Å². The lowest BCUT2D eigenvalue weighted by Crippen LogP contribution is -2.06. The minimum absolute atomic E-state index is 0.580. The van der Waals surface area contributed by atoms with Gasteiger partial charge in [0.1, 0.15) is 0 Å². The van der Waals surface area contributed by atoms with E-state index in [2.05, 4.69) is 6.92 Å². The highest BCUT2D eigenvalue weighted by Gasteiger charge is 1.98. The summed E-state index contributed by atoms with van der Waals surface area (Å²) in [6.07, 6.45) is 1.62. The lowest BCUT2D eigenvalue weighted by atomic mass is 10.5. The Kier molecular flexibility index (Phi) is 6.44. The second kappa shape index (κ2) is 5.89. The van der Waals surface area contributed by atoms with Crippen LogP contribution < -0.4 is 0 Å². The largest absolute Gasteiger partial charge is 0.382 e. The normalized spacial score (nSPS) is 10.5. The van der Waals surface area contributed by atoms with E-state index < -0.39 is 7.42 Å². The Morgan fingerprint density at radius 2 is 2.12 bits per heavy atom. The molecule has 0 aromatic heterocycles. The van der Waals surface area contributed by atoms with Crippen LogP contribution >= 0.6 is 22.2 Å². The molecular weight excluding hydrogens is 163 g/mol. The molecule has 0 heterocycles. The zero-order valence-corrected chi connectivity index (χ0v) is 7.53. The molecule has 0 aromatic carbocycles. The maximum atomic E-state index is 5.49. The Balaban J connectivity index is 2.72. The van der Waals surface area contributed by atoms with Crippen LogP contribution in [-0.4, -0.2) is 20.3 Å². The SMILES string of the molecule is CCCOC[SiH](Cl)Cl. The molecule has 1 nitrogen and oxygen atoms in total. The van der Waals surface area contributed by atoms with Crippen molar-refractivity contribution < 1.29 is 4.74 Å². The summed E-state index contributed by atoms with van der Waals surface area (Å²) in [7, 11) is -1.48. The molecule has 0 fully saturated rings. The van der Waals surface area contributed by atoms with Crippen molar-refractivity contribution in [2.75, 3.05) is 12.8 Å². The van der Waals surface area contributed by atoms with E-state index in [1.54, 1.807) is 0 Å². The molecule has 8 heavy (non-hydrogen) atoms. The molecule has 0 unspecified atom stereocenters. The zero-order valence-electron chi connectivity index (χ0n) is 4.86. The third kappa shape index (κ3) is 6.76. The smallest absolute Gasteiger partial charge is 0.261 e. The lowest BCUT2D eigenvalue weighted by Gasteiger charge is -1.98. The number of halogens is 2. The molecule has 0 aliphatic carbocycles. The van der Waals surface area contributed by atoms with Crippen molar-refractivity contribution in [2.45, 2.75) is 13.3 Å². The van der Waals surface area contributed by atoms with E-state index in [-0.39, 0.29) is 0 Å². The molecule has 0 aromatic rings. The Morgan fingerprint density at radius 3 is 2.50 bits per heavy atom.